The Kier molecular flexibility index (Phi) is 2.65. The van der Waals surface area contributed by atoms with E-state index in [1.165, 1.54) is 0 Å². The van der Waals surface area contributed by atoms with Gasteiger partial charge in [-0.25, -0.2) is 0 Å². The maximum absolute atomic E-state index is 11.9. The van der Waals surface area contributed by atoms with Crippen LogP contribution in [0.1, 0.15) is 25.7 Å². The molecular formula is C10H16N2O3. The number of ether oxygens (including phenoxy) is 1. The molecule has 3 N–H and O–H groups in total. The van der Waals surface area contributed by atoms with Gasteiger partial charge in [0.1, 0.15) is 5.41 Å². The van der Waals surface area contributed by atoms with Crippen molar-refractivity contribution >= 4 is 11.8 Å². The summed E-state index contributed by atoms with van der Waals surface area (Å²) in [6.07, 6.45) is 3.10. The summed E-state index contributed by atoms with van der Waals surface area (Å²) in [5.74, 6) is -0.711. The summed E-state index contributed by atoms with van der Waals surface area (Å²) >= 11 is 0. The number of nitrogens with one attached hydrogen (secondary N) is 1. The first-order chi connectivity index (χ1) is 7.15. The summed E-state index contributed by atoms with van der Waals surface area (Å²) < 4.78 is 4.98. The van der Waals surface area contributed by atoms with Gasteiger partial charge in [0.05, 0.1) is 12.7 Å². The van der Waals surface area contributed by atoms with E-state index < -0.39 is 11.3 Å². The second-order valence-electron chi connectivity index (χ2n) is 4.32. The van der Waals surface area contributed by atoms with Crippen LogP contribution in [0.4, 0.5) is 0 Å². The van der Waals surface area contributed by atoms with Gasteiger partial charge in [-0.1, -0.05) is 12.8 Å². The largest absolute Gasteiger partial charge is 0.371 e. The van der Waals surface area contributed by atoms with Gasteiger partial charge in [-0.15, -0.1) is 0 Å². The van der Waals surface area contributed by atoms with Gasteiger partial charge in [0.15, 0.2) is 0 Å². The molecule has 1 aliphatic heterocycles. The van der Waals surface area contributed by atoms with Crippen LogP contribution in [-0.4, -0.2) is 31.1 Å². The van der Waals surface area contributed by atoms with E-state index in [0.29, 0.717) is 26.0 Å². The Balaban J connectivity index is 1.96. The molecule has 1 saturated carbocycles. The van der Waals surface area contributed by atoms with E-state index in [9.17, 15) is 9.59 Å². The van der Waals surface area contributed by atoms with E-state index in [0.717, 1.165) is 12.8 Å². The number of primary amides is 1. The zero-order valence-corrected chi connectivity index (χ0v) is 8.62. The van der Waals surface area contributed by atoms with Crippen LogP contribution in [0.3, 0.4) is 0 Å². The molecule has 1 unspecified atom stereocenters. The van der Waals surface area contributed by atoms with E-state index in [-0.39, 0.29) is 12.0 Å². The first kappa shape index (κ1) is 10.4. The molecule has 5 nitrogen and oxygen atoms in total. The van der Waals surface area contributed by atoms with Gasteiger partial charge < -0.3 is 15.8 Å². The molecule has 1 atom stereocenters. The summed E-state index contributed by atoms with van der Waals surface area (Å²) in [5, 5.41) is 2.74. The van der Waals surface area contributed by atoms with E-state index in [1.54, 1.807) is 0 Å². The molecule has 1 heterocycles. The summed E-state index contributed by atoms with van der Waals surface area (Å²) in [5.41, 5.74) is 4.38. The van der Waals surface area contributed by atoms with Crippen molar-refractivity contribution in [2.75, 3.05) is 13.2 Å². The molecule has 1 aliphatic carbocycles. The highest BCUT2D eigenvalue weighted by atomic mass is 16.6. The molecule has 0 spiro atoms. The number of carbonyl (C=O) groups excluding carboxylic acids is 2. The second kappa shape index (κ2) is 3.81. The highest BCUT2D eigenvalue weighted by molar-refractivity contribution is 6.04. The van der Waals surface area contributed by atoms with Crippen molar-refractivity contribution in [1.29, 1.82) is 0 Å². The first-order valence-corrected chi connectivity index (χ1v) is 5.35. The minimum absolute atomic E-state index is 0.139. The van der Waals surface area contributed by atoms with Crippen LogP contribution >= 0.6 is 0 Å². The third kappa shape index (κ3) is 1.97. The molecule has 84 valence electrons. The van der Waals surface area contributed by atoms with Crippen molar-refractivity contribution in [2.45, 2.75) is 31.8 Å². The summed E-state index contributed by atoms with van der Waals surface area (Å²) in [6.45, 7) is 1.19. The molecule has 0 aromatic heterocycles. The Morgan fingerprint density at radius 1 is 1.40 bits per heavy atom. The number of amides is 2. The fourth-order valence-corrected chi connectivity index (χ4v) is 2.13. The minimum Gasteiger partial charge on any atom is -0.371 e. The van der Waals surface area contributed by atoms with Crippen molar-refractivity contribution in [3.8, 4) is 0 Å². The molecule has 5 heteroatoms. The zero-order valence-electron chi connectivity index (χ0n) is 8.62. The van der Waals surface area contributed by atoms with Crippen LogP contribution in [0.15, 0.2) is 0 Å². The van der Waals surface area contributed by atoms with E-state index in [4.69, 9.17) is 10.5 Å². The average Bonchev–Trinajstić information content (AvgIpc) is 2.89. The highest BCUT2D eigenvalue weighted by Gasteiger charge is 2.46. The van der Waals surface area contributed by atoms with E-state index >= 15 is 0 Å². The predicted octanol–water partition coefficient (Wildman–Crippen LogP) is -0.453. The van der Waals surface area contributed by atoms with Gasteiger partial charge >= 0.3 is 0 Å². The van der Waals surface area contributed by atoms with Crippen LogP contribution in [-0.2, 0) is 14.3 Å². The smallest absolute Gasteiger partial charge is 0.235 e. The van der Waals surface area contributed by atoms with Crippen LogP contribution < -0.4 is 11.1 Å². The van der Waals surface area contributed by atoms with Crippen molar-refractivity contribution in [2.24, 2.45) is 11.1 Å². The second-order valence-corrected chi connectivity index (χ2v) is 4.32. The fraction of sp³-hybridized carbons (Fsp3) is 0.800. The molecule has 15 heavy (non-hydrogen) atoms. The van der Waals surface area contributed by atoms with Gasteiger partial charge in [-0.05, 0) is 12.8 Å². The average molecular weight is 212 g/mol. The molecule has 2 rings (SSSR count). The standard InChI is InChI=1S/C10H16N2O3/c11-8(13)10(3-1-2-4-10)9(14)12-5-7-6-15-7/h7H,1-6H2,(H2,11,13)(H,12,14). The number of epoxide rings is 1. The van der Waals surface area contributed by atoms with Gasteiger partial charge in [-0.3, -0.25) is 9.59 Å². The highest BCUT2D eigenvalue weighted by Crippen LogP contribution is 2.38. The third-order valence-electron chi connectivity index (χ3n) is 3.26. The summed E-state index contributed by atoms with van der Waals surface area (Å²) in [6, 6.07) is 0. The number of hydrogen-bond donors (Lipinski definition) is 2. The van der Waals surface area contributed by atoms with Gasteiger partial charge in [-0.2, -0.15) is 0 Å². The summed E-state index contributed by atoms with van der Waals surface area (Å²) in [7, 11) is 0. The Hall–Kier alpha value is -1.10. The van der Waals surface area contributed by atoms with Crippen molar-refractivity contribution in [1.82, 2.24) is 5.32 Å². The van der Waals surface area contributed by atoms with Crippen LogP contribution in [0.25, 0.3) is 0 Å². The molecule has 0 aromatic carbocycles. The van der Waals surface area contributed by atoms with E-state index in [2.05, 4.69) is 5.32 Å². The van der Waals surface area contributed by atoms with Crippen LogP contribution in [0.2, 0.25) is 0 Å². The predicted molar refractivity (Wildman–Crippen MR) is 52.8 cm³/mol. The topological polar surface area (TPSA) is 84.7 Å². The fourth-order valence-electron chi connectivity index (χ4n) is 2.13. The van der Waals surface area contributed by atoms with Crippen molar-refractivity contribution in [3.05, 3.63) is 0 Å². The lowest BCUT2D eigenvalue weighted by Gasteiger charge is -2.23. The zero-order chi connectivity index (χ0) is 10.9. The monoisotopic (exact) mass is 212 g/mol. The summed E-state index contributed by atoms with van der Waals surface area (Å²) in [4.78, 5) is 23.2. The molecule has 0 aromatic rings. The van der Waals surface area contributed by atoms with Crippen LogP contribution in [0.5, 0.6) is 0 Å². The lowest BCUT2D eigenvalue weighted by molar-refractivity contribution is -0.141. The molecular weight excluding hydrogens is 196 g/mol. The van der Waals surface area contributed by atoms with Gasteiger partial charge in [0, 0.05) is 6.54 Å². The Morgan fingerprint density at radius 3 is 2.47 bits per heavy atom. The lowest BCUT2D eigenvalue weighted by Crippen LogP contribution is -2.48. The van der Waals surface area contributed by atoms with Gasteiger partial charge in [0.25, 0.3) is 0 Å². The minimum atomic E-state index is -0.950. The number of hydrogen-bond acceptors (Lipinski definition) is 3. The number of carbonyl (C=O) groups is 2. The number of rotatable bonds is 4. The molecule has 1 saturated heterocycles. The Labute approximate surface area is 88.3 Å². The first-order valence-electron chi connectivity index (χ1n) is 5.35. The third-order valence-corrected chi connectivity index (χ3v) is 3.26. The lowest BCUT2D eigenvalue weighted by atomic mass is 9.84. The molecule has 2 amide bonds. The Bertz CT molecular complexity index is 280. The molecule has 2 fully saturated rings. The molecule has 2 aliphatic rings. The quantitative estimate of drug-likeness (QED) is 0.489. The molecule has 0 bridgehead atoms. The number of nitrogens with two attached hydrogens (primary N) is 1. The maximum atomic E-state index is 11.9. The SMILES string of the molecule is NC(=O)C1(C(=O)NCC2CO2)CCCC1. The van der Waals surface area contributed by atoms with Gasteiger partial charge in [0.2, 0.25) is 11.8 Å². The van der Waals surface area contributed by atoms with Crippen molar-refractivity contribution in [3.63, 3.8) is 0 Å². The van der Waals surface area contributed by atoms with Crippen LogP contribution in [0, 0.1) is 5.41 Å². The Morgan fingerprint density at radius 2 is 2.00 bits per heavy atom. The normalized spacial score (nSPS) is 27.3. The maximum Gasteiger partial charge on any atom is 0.235 e. The van der Waals surface area contributed by atoms with E-state index in [1.807, 2.05) is 0 Å². The van der Waals surface area contributed by atoms with Crippen molar-refractivity contribution < 1.29 is 14.3 Å². The molecule has 0 radical (unpaired) electrons.